The highest BCUT2D eigenvalue weighted by Crippen LogP contribution is 2.08. The molecule has 0 unspecified atom stereocenters. The van der Waals surface area contributed by atoms with E-state index < -0.39 is 0 Å². The first-order valence-corrected chi connectivity index (χ1v) is 5.25. The Morgan fingerprint density at radius 3 is 2.44 bits per heavy atom. The van der Waals surface area contributed by atoms with Gasteiger partial charge in [0, 0.05) is 20.0 Å². The quantitative estimate of drug-likeness (QED) is 0.749. The third-order valence-corrected chi connectivity index (χ3v) is 2.59. The lowest BCUT2D eigenvalue weighted by atomic mass is 10.3. The zero-order chi connectivity index (χ0) is 11.5. The van der Waals surface area contributed by atoms with Crippen LogP contribution in [0.2, 0.25) is 0 Å². The number of H-pyrrole nitrogens is 1. The molecule has 2 heterocycles. The maximum Gasteiger partial charge on any atom is 0.270 e. The van der Waals surface area contributed by atoms with Gasteiger partial charge in [-0.25, -0.2) is 0 Å². The van der Waals surface area contributed by atoms with Crippen molar-refractivity contribution in [3.05, 3.63) is 23.5 Å². The lowest BCUT2D eigenvalue weighted by molar-refractivity contribution is 0.0299. The lowest BCUT2D eigenvalue weighted by Gasteiger charge is -2.26. The maximum atomic E-state index is 12.0. The molecule has 5 nitrogen and oxygen atoms in total. The van der Waals surface area contributed by atoms with Crippen LogP contribution < -0.4 is 0 Å². The summed E-state index contributed by atoms with van der Waals surface area (Å²) in [6.07, 6.45) is 0. The minimum Gasteiger partial charge on any atom is -0.378 e. The molecule has 16 heavy (non-hydrogen) atoms. The van der Waals surface area contributed by atoms with Crippen molar-refractivity contribution in [2.24, 2.45) is 0 Å². The van der Waals surface area contributed by atoms with E-state index in [1.807, 2.05) is 0 Å². The Bertz CT molecular complexity index is 405. The standard InChI is InChI=1S/C11H14N2O3/c1-8(14)9-2-3-10(12-9)11(15)13-4-6-16-7-5-13/h2-3,12H,4-7H2,1H3. The van der Waals surface area contributed by atoms with Crippen molar-refractivity contribution in [3.8, 4) is 0 Å². The Kier molecular flexibility index (Phi) is 3.05. The van der Waals surface area contributed by atoms with E-state index in [-0.39, 0.29) is 11.7 Å². The maximum absolute atomic E-state index is 12.0. The summed E-state index contributed by atoms with van der Waals surface area (Å²) in [5, 5.41) is 0. The number of Topliss-reactive ketones (excluding diaryl/α,β-unsaturated/α-hetero) is 1. The van der Waals surface area contributed by atoms with Crippen LogP contribution in [0.15, 0.2) is 12.1 Å². The van der Waals surface area contributed by atoms with E-state index in [0.29, 0.717) is 37.7 Å². The van der Waals surface area contributed by atoms with Crippen molar-refractivity contribution in [2.45, 2.75) is 6.92 Å². The number of rotatable bonds is 2. The number of ketones is 1. The molecule has 0 aliphatic carbocycles. The molecule has 1 saturated heterocycles. The van der Waals surface area contributed by atoms with Crippen LogP contribution in [0.5, 0.6) is 0 Å². The van der Waals surface area contributed by atoms with Crippen LogP contribution in [-0.2, 0) is 4.74 Å². The van der Waals surface area contributed by atoms with Crippen LogP contribution in [-0.4, -0.2) is 47.9 Å². The van der Waals surface area contributed by atoms with Gasteiger partial charge in [0.1, 0.15) is 5.69 Å². The van der Waals surface area contributed by atoms with E-state index in [0.717, 1.165) is 0 Å². The normalized spacial score (nSPS) is 16.2. The van der Waals surface area contributed by atoms with Gasteiger partial charge in [-0.1, -0.05) is 0 Å². The second-order valence-electron chi connectivity index (χ2n) is 3.75. The molecule has 2 rings (SSSR count). The summed E-state index contributed by atoms with van der Waals surface area (Å²) in [5.74, 6) is -0.142. The molecule has 0 radical (unpaired) electrons. The predicted molar refractivity (Wildman–Crippen MR) is 57.5 cm³/mol. The van der Waals surface area contributed by atoms with E-state index in [1.54, 1.807) is 17.0 Å². The summed E-state index contributed by atoms with van der Waals surface area (Å²) in [7, 11) is 0. The second-order valence-corrected chi connectivity index (χ2v) is 3.75. The Morgan fingerprint density at radius 1 is 1.25 bits per heavy atom. The van der Waals surface area contributed by atoms with Crippen molar-refractivity contribution >= 4 is 11.7 Å². The van der Waals surface area contributed by atoms with E-state index in [1.165, 1.54) is 6.92 Å². The average molecular weight is 222 g/mol. The van der Waals surface area contributed by atoms with Gasteiger partial charge >= 0.3 is 0 Å². The molecule has 1 aliphatic rings. The van der Waals surface area contributed by atoms with Crippen molar-refractivity contribution < 1.29 is 14.3 Å². The van der Waals surface area contributed by atoms with Gasteiger partial charge in [0.2, 0.25) is 0 Å². The number of ether oxygens (including phenoxy) is 1. The fourth-order valence-corrected chi connectivity index (χ4v) is 1.66. The number of hydrogen-bond donors (Lipinski definition) is 1. The van der Waals surface area contributed by atoms with Gasteiger partial charge in [-0.05, 0) is 12.1 Å². The fourth-order valence-electron chi connectivity index (χ4n) is 1.66. The molecule has 0 bridgehead atoms. The Balaban J connectivity index is 2.10. The molecular formula is C11H14N2O3. The number of nitrogens with zero attached hydrogens (tertiary/aromatic N) is 1. The van der Waals surface area contributed by atoms with E-state index in [2.05, 4.69) is 4.98 Å². The molecule has 1 aliphatic heterocycles. The molecule has 1 N–H and O–H groups in total. The van der Waals surface area contributed by atoms with Crippen LogP contribution in [0.1, 0.15) is 27.9 Å². The van der Waals surface area contributed by atoms with Crippen LogP contribution in [0.3, 0.4) is 0 Å². The number of morpholine rings is 1. The van der Waals surface area contributed by atoms with Crippen molar-refractivity contribution in [2.75, 3.05) is 26.3 Å². The monoisotopic (exact) mass is 222 g/mol. The van der Waals surface area contributed by atoms with Crippen LogP contribution >= 0.6 is 0 Å². The van der Waals surface area contributed by atoms with E-state index in [4.69, 9.17) is 4.74 Å². The molecule has 1 fully saturated rings. The van der Waals surface area contributed by atoms with Crippen LogP contribution in [0.4, 0.5) is 0 Å². The SMILES string of the molecule is CC(=O)c1ccc(C(=O)N2CCOCC2)[nH]1. The van der Waals surface area contributed by atoms with E-state index in [9.17, 15) is 9.59 Å². The highest BCUT2D eigenvalue weighted by Gasteiger charge is 2.19. The summed E-state index contributed by atoms with van der Waals surface area (Å²) in [6, 6.07) is 3.28. The van der Waals surface area contributed by atoms with Gasteiger partial charge in [-0.2, -0.15) is 0 Å². The first-order valence-electron chi connectivity index (χ1n) is 5.25. The molecule has 1 aromatic heterocycles. The highest BCUT2D eigenvalue weighted by molar-refractivity contribution is 5.97. The Hall–Kier alpha value is -1.62. The number of carbonyl (C=O) groups is 2. The highest BCUT2D eigenvalue weighted by atomic mass is 16.5. The predicted octanol–water partition coefficient (Wildman–Crippen LogP) is 0.690. The molecule has 0 spiro atoms. The van der Waals surface area contributed by atoms with E-state index >= 15 is 0 Å². The zero-order valence-corrected chi connectivity index (χ0v) is 9.16. The van der Waals surface area contributed by atoms with Crippen LogP contribution in [0, 0.1) is 0 Å². The molecule has 0 aromatic carbocycles. The molecule has 86 valence electrons. The molecular weight excluding hydrogens is 208 g/mol. The van der Waals surface area contributed by atoms with Crippen molar-refractivity contribution in [3.63, 3.8) is 0 Å². The van der Waals surface area contributed by atoms with Gasteiger partial charge in [0.15, 0.2) is 5.78 Å². The smallest absolute Gasteiger partial charge is 0.270 e. The lowest BCUT2D eigenvalue weighted by Crippen LogP contribution is -2.40. The molecule has 1 amide bonds. The van der Waals surface area contributed by atoms with Gasteiger partial charge in [0.25, 0.3) is 5.91 Å². The Labute approximate surface area is 93.4 Å². The molecule has 5 heteroatoms. The summed E-state index contributed by atoms with van der Waals surface area (Å²) in [6.45, 7) is 3.83. The fraction of sp³-hybridized carbons (Fsp3) is 0.455. The van der Waals surface area contributed by atoms with Gasteiger partial charge in [-0.3, -0.25) is 9.59 Å². The van der Waals surface area contributed by atoms with Gasteiger partial charge in [-0.15, -0.1) is 0 Å². The minimum atomic E-state index is -0.0733. The van der Waals surface area contributed by atoms with Crippen LogP contribution in [0.25, 0.3) is 0 Å². The number of carbonyl (C=O) groups excluding carboxylic acids is 2. The van der Waals surface area contributed by atoms with Crippen molar-refractivity contribution in [1.82, 2.24) is 9.88 Å². The first-order chi connectivity index (χ1) is 7.68. The molecule has 0 saturated carbocycles. The summed E-state index contributed by atoms with van der Waals surface area (Å²) < 4.78 is 5.17. The largest absolute Gasteiger partial charge is 0.378 e. The zero-order valence-electron chi connectivity index (χ0n) is 9.16. The number of aromatic nitrogens is 1. The topological polar surface area (TPSA) is 62.4 Å². The third-order valence-electron chi connectivity index (χ3n) is 2.59. The number of nitrogens with one attached hydrogen (secondary N) is 1. The summed E-state index contributed by atoms with van der Waals surface area (Å²) in [4.78, 5) is 27.6. The number of amides is 1. The Morgan fingerprint density at radius 2 is 1.88 bits per heavy atom. The van der Waals surface area contributed by atoms with Gasteiger partial charge in [0.05, 0.1) is 18.9 Å². The summed E-state index contributed by atoms with van der Waals surface area (Å²) in [5.41, 5.74) is 0.934. The number of aromatic amines is 1. The third kappa shape index (κ3) is 2.14. The first kappa shape index (κ1) is 10.9. The van der Waals surface area contributed by atoms with Gasteiger partial charge < -0.3 is 14.6 Å². The average Bonchev–Trinajstić information content (AvgIpc) is 2.78. The van der Waals surface area contributed by atoms with Crippen molar-refractivity contribution in [1.29, 1.82) is 0 Å². The summed E-state index contributed by atoms with van der Waals surface area (Å²) >= 11 is 0. The number of hydrogen-bond acceptors (Lipinski definition) is 3. The molecule has 0 atom stereocenters. The minimum absolute atomic E-state index is 0.0685. The molecule has 1 aromatic rings. The second kappa shape index (κ2) is 4.49.